The molecule has 1 N–H and O–H groups in total. The van der Waals surface area contributed by atoms with Crippen molar-refractivity contribution in [3.63, 3.8) is 0 Å². The third-order valence-corrected chi connectivity index (χ3v) is 3.14. The van der Waals surface area contributed by atoms with Gasteiger partial charge in [0.1, 0.15) is 18.4 Å². The van der Waals surface area contributed by atoms with Gasteiger partial charge in [0.2, 0.25) is 5.91 Å². The van der Waals surface area contributed by atoms with E-state index in [2.05, 4.69) is 15.4 Å². The first-order chi connectivity index (χ1) is 10.5. The maximum atomic E-state index is 12.0. The first-order valence-corrected chi connectivity index (χ1v) is 7.43. The topological polar surface area (TPSA) is 69.0 Å². The summed E-state index contributed by atoms with van der Waals surface area (Å²) in [4.78, 5) is 15.8. The molecule has 2 rings (SSSR count). The molecule has 0 aliphatic heterocycles. The summed E-state index contributed by atoms with van der Waals surface area (Å²) in [6.07, 6.45) is 3.56. The largest absolute Gasteiger partial charge is 0.491 e. The Morgan fingerprint density at radius 3 is 2.86 bits per heavy atom. The minimum absolute atomic E-state index is 0.0156. The van der Waals surface area contributed by atoms with Gasteiger partial charge in [-0.3, -0.25) is 9.48 Å². The molecule has 1 heterocycles. The molecule has 0 unspecified atom stereocenters. The van der Waals surface area contributed by atoms with Gasteiger partial charge in [0.15, 0.2) is 0 Å². The van der Waals surface area contributed by atoms with E-state index in [9.17, 15) is 4.79 Å². The summed E-state index contributed by atoms with van der Waals surface area (Å²) < 4.78 is 7.32. The first-order valence-electron chi connectivity index (χ1n) is 7.43. The zero-order chi connectivity index (χ0) is 15.9. The van der Waals surface area contributed by atoms with E-state index >= 15 is 0 Å². The number of aryl methyl sites for hydroxylation is 1. The minimum Gasteiger partial charge on any atom is -0.491 e. The summed E-state index contributed by atoms with van der Waals surface area (Å²) in [5, 5.41) is 6.96. The summed E-state index contributed by atoms with van der Waals surface area (Å²) >= 11 is 0. The lowest BCUT2D eigenvalue weighted by Gasteiger charge is -2.16. The Morgan fingerprint density at radius 2 is 2.18 bits per heavy atom. The lowest BCUT2D eigenvalue weighted by Crippen LogP contribution is -2.27. The number of hydrogen-bond donors (Lipinski definition) is 1. The average molecular weight is 302 g/mol. The molecular formula is C16H22N4O2. The predicted octanol–water partition coefficient (Wildman–Crippen LogP) is 2.33. The van der Waals surface area contributed by atoms with Crippen LogP contribution in [0.3, 0.4) is 0 Å². The van der Waals surface area contributed by atoms with Crippen LogP contribution >= 0.6 is 0 Å². The van der Waals surface area contributed by atoms with Crippen molar-refractivity contribution >= 4 is 5.91 Å². The molecule has 1 aromatic heterocycles. The molecule has 22 heavy (non-hydrogen) atoms. The molecule has 0 aliphatic rings. The van der Waals surface area contributed by atoms with Gasteiger partial charge < -0.3 is 10.1 Å². The van der Waals surface area contributed by atoms with Crippen molar-refractivity contribution in [2.45, 2.75) is 45.9 Å². The number of benzene rings is 1. The van der Waals surface area contributed by atoms with Crippen LogP contribution in [-0.4, -0.2) is 26.8 Å². The molecule has 0 saturated carbocycles. The quantitative estimate of drug-likeness (QED) is 0.852. The maximum Gasteiger partial charge on any atom is 0.222 e. The molecule has 0 fully saturated rings. The fourth-order valence-electron chi connectivity index (χ4n) is 2.09. The van der Waals surface area contributed by atoms with Crippen LogP contribution in [0.15, 0.2) is 36.9 Å². The van der Waals surface area contributed by atoms with Crippen LogP contribution in [0, 0.1) is 0 Å². The second-order valence-electron chi connectivity index (χ2n) is 5.44. The van der Waals surface area contributed by atoms with E-state index in [0.717, 1.165) is 11.3 Å². The van der Waals surface area contributed by atoms with Gasteiger partial charge in [0, 0.05) is 6.42 Å². The van der Waals surface area contributed by atoms with E-state index in [0.29, 0.717) is 13.0 Å². The summed E-state index contributed by atoms with van der Waals surface area (Å²) in [6.45, 7) is 6.46. The Kier molecular flexibility index (Phi) is 5.52. The molecule has 1 amide bonds. The summed E-state index contributed by atoms with van der Waals surface area (Å²) in [6, 6.07) is 7.73. The Balaban J connectivity index is 1.88. The molecule has 0 bridgehead atoms. The van der Waals surface area contributed by atoms with Crippen molar-refractivity contribution in [1.82, 2.24) is 20.1 Å². The number of amides is 1. The number of hydrogen-bond acceptors (Lipinski definition) is 4. The average Bonchev–Trinajstić information content (AvgIpc) is 2.98. The monoisotopic (exact) mass is 302 g/mol. The number of rotatable bonds is 7. The van der Waals surface area contributed by atoms with Gasteiger partial charge in [-0.2, -0.15) is 5.10 Å². The van der Waals surface area contributed by atoms with Crippen LogP contribution in [0.4, 0.5) is 0 Å². The summed E-state index contributed by atoms with van der Waals surface area (Å²) in [7, 11) is 0. The van der Waals surface area contributed by atoms with Crippen LogP contribution in [0.1, 0.15) is 38.8 Å². The van der Waals surface area contributed by atoms with E-state index in [4.69, 9.17) is 4.74 Å². The molecule has 0 radical (unpaired) electrons. The Labute approximate surface area is 130 Å². The third-order valence-electron chi connectivity index (χ3n) is 3.14. The van der Waals surface area contributed by atoms with Crippen LogP contribution in [0.5, 0.6) is 5.75 Å². The van der Waals surface area contributed by atoms with Crippen molar-refractivity contribution in [3.8, 4) is 5.75 Å². The number of carbonyl (C=O) groups excluding carboxylic acids is 1. The third kappa shape index (κ3) is 4.87. The van der Waals surface area contributed by atoms with Crippen molar-refractivity contribution in [1.29, 1.82) is 0 Å². The predicted molar refractivity (Wildman–Crippen MR) is 83.4 cm³/mol. The lowest BCUT2D eigenvalue weighted by molar-refractivity contribution is -0.122. The van der Waals surface area contributed by atoms with E-state index in [1.165, 1.54) is 6.33 Å². The number of ether oxygens (including phenoxy) is 1. The zero-order valence-electron chi connectivity index (χ0n) is 13.2. The fourth-order valence-corrected chi connectivity index (χ4v) is 2.09. The number of aromatic nitrogens is 3. The molecule has 118 valence electrons. The maximum absolute atomic E-state index is 12.0. The number of nitrogens with zero attached hydrogens (tertiary/aromatic N) is 3. The lowest BCUT2D eigenvalue weighted by atomic mass is 10.1. The van der Waals surface area contributed by atoms with Gasteiger partial charge in [0.05, 0.1) is 18.7 Å². The Hall–Kier alpha value is -2.37. The van der Waals surface area contributed by atoms with Gasteiger partial charge in [0.25, 0.3) is 0 Å². The molecule has 6 heteroatoms. The highest BCUT2D eigenvalue weighted by Gasteiger charge is 2.11. The first kappa shape index (κ1) is 16.0. The van der Waals surface area contributed by atoms with Gasteiger partial charge in [-0.25, -0.2) is 4.98 Å². The van der Waals surface area contributed by atoms with Crippen LogP contribution in [0.25, 0.3) is 0 Å². The van der Waals surface area contributed by atoms with Crippen molar-refractivity contribution < 1.29 is 9.53 Å². The zero-order valence-corrected chi connectivity index (χ0v) is 13.2. The van der Waals surface area contributed by atoms with Crippen molar-refractivity contribution in [3.05, 3.63) is 42.5 Å². The van der Waals surface area contributed by atoms with E-state index < -0.39 is 0 Å². The highest BCUT2D eigenvalue weighted by molar-refractivity contribution is 5.76. The Bertz CT molecular complexity index is 596. The molecule has 0 aliphatic carbocycles. The second kappa shape index (κ2) is 7.59. The van der Waals surface area contributed by atoms with Crippen LogP contribution in [-0.2, 0) is 11.3 Å². The van der Waals surface area contributed by atoms with Crippen LogP contribution in [0.2, 0.25) is 0 Å². The van der Waals surface area contributed by atoms with E-state index in [-0.39, 0.29) is 18.1 Å². The van der Waals surface area contributed by atoms with E-state index in [1.807, 2.05) is 45.0 Å². The number of nitrogens with one attached hydrogen (secondary N) is 1. The highest BCUT2D eigenvalue weighted by atomic mass is 16.5. The molecule has 2 aromatic rings. The smallest absolute Gasteiger partial charge is 0.222 e. The van der Waals surface area contributed by atoms with Gasteiger partial charge in [-0.1, -0.05) is 12.1 Å². The molecule has 0 spiro atoms. The highest BCUT2D eigenvalue weighted by Crippen LogP contribution is 2.20. The minimum atomic E-state index is -0.0704. The second-order valence-corrected chi connectivity index (χ2v) is 5.44. The Morgan fingerprint density at radius 1 is 1.36 bits per heavy atom. The molecule has 6 nitrogen and oxygen atoms in total. The van der Waals surface area contributed by atoms with Crippen molar-refractivity contribution in [2.24, 2.45) is 0 Å². The standard InChI is InChI=1S/C16H22N4O2/c1-12(2)22-15-6-4-5-14(9-15)13(3)19-16(21)7-8-20-11-17-10-18-20/h4-6,9-13H,7-8H2,1-3H3,(H,19,21)/t13-/m0/s1. The normalized spacial score (nSPS) is 12.2. The fraction of sp³-hybridized carbons (Fsp3) is 0.438. The van der Waals surface area contributed by atoms with Gasteiger partial charge >= 0.3 is 0 Å². The molecule has 1 atom stereocenters. The van der Waals surface area contributed by atoms with Gasteiger partial charge in [-0.05, 0) is 38.5 Å². The summed E-state index contributed by atoms with van der Waals surface area (Å²) in [5.74, 6) is 0.800. The van der Waals surface area contributed by atoms with E-state index in [1.54, 1.807) is 11.0 Å². The van der Waals surface area contributed by atoms with Gasteiger partial charge in [-0.15, -0.1) is 0 Å². The SMILES string of the molecule is CC(C)Oc1cccc([C@H](C)NC(=O)CCn2cncn2)c1. The number of carbonyl (C=O) groups is 1. The van der Waals surface area contributed by atoms with Crippen LogP contribution < -0.4 is 10.1 Å². The molecule has 1 aromatic carbocycles. The summed E-state index contributed by atoms with van der Waals surface area (Å²) in [5.41, 5.74) is 1.02. The molecular weight excluding hydrogens is 280 g/mol. The van der Waals surface area contributed by atoms with Crippen molar-refractivity contribution in [2.75, 3.05) is 0 Å². The molecule has 0 saturated heterocycles.